The Morgan fingerprint density at radius 3 is 2.67 bits per heavy atom. The number of carbonyl (C=O) groups is 2. The number of amides is 1. The van der Waals surface area contributed by atoms with E-state index in [4.69, 9.17) is 9.84 Å². The number of hydrogen-bond acceptors (Lipinski definition) is 3. The molecule has 0 radical (unpaired) electrons. The minimum Gasteiger partial charge on any atom is -0.478 e. The number of aliphatic carboxylic acids is 1. The van der Waals surface area contributed by atoms with Gasteiger partial charge in [-0.1, -0.05) is 18.7 Å². The molecule has 15 heavy (non-hydrogen) atoms. The molecule has 0 aromatic heterocycles. The lowest BCUT2D eigenvalue weighted by molar-refractivity contribution is -0.131. The highest BCUT2D eigenvalue weighted by atomic mass is 16.6. The highest BCUT2D eigenvalue weighted by Gasteiger charge is 2.14. The van der Waals surface area contributed by atoms with Crippen molar-refractivity contribution in [3.63, 3.8) is 0 Å². The van der Waals surface area contributed by atoms with Gasteiger partial charge in [0.25, 0.3) is 0 Å². The molecule has 1 N–H and O–H groups in total. The predicted octanol–water partition coefficient (Wildman–Crippen LogP) is 1.27. The van der Waals surface area contributed by atoms with Gasteiger partial charge in [-0.2, -0.15) is 0 Å². The molecule has 0 aliphatic heterocycles. The summed E-state index contributed by atoms with van der Waals surface area (Å²) in [6.45, 7) is 5.24. The van der Waals surface area contributed by atoms with Gasteiger partial charge in [0, 0.05) is 13.1 Å². The van der Waals surface area contributed by atoms with E-state index in [1.807, 2.05) is 0 Å². The van der Waals surface area contributed by atoms with Gasteiger partial charge in [0.1, 0.15) is 6.61 Å². The van der Waals surface area contributed by atoms with E-state index < -0.39 is 12.1 Å². The molecule has 1 unspecified atom stereocenters. The minimum absolute atomic E-state index is 0.137. The fourth-order valence-corrected chi connectivity index (χ4v) is 0.749. The molecule has 0 bridgehead atoms. The van der Waals surface area contributed by atoms with Crippen molar-refractivity contribution in [3.8, 4) is 0 Å². The van der Waals surface area contributed by atoms with Crippen LogP contribution >= 0.6 is 0 Å². The Hall–Kier alpha value is -1.78. The molecule has 84 valence electrons. The number of carboxylic acid groups (broad SMARTS) is 1. The van der Waals surface area contributed by atoms with E-state index in [1.54, 1.807) is 6.92 Å². The number of nitrogens with zero attached hydrogens (tertiary/aromatic N) is 1. The summed E-state index contributed by atoms with van der Waals surface area (Å²) in [6.07, 6.45) is 3.33. The van der Waals surface area contributed by atoms with Crippen molar-refractivity contribution in [1.29, 1.82) is 0 Å². The van der Waals surface area contributed by atoms with Crippen LogP contribution in [-0.4, -0.2) is 41.8 Å². The van der Waals surface area contributed by atoms with Crippen molar-refractivity contribution in [3.05, 3.63) is 24.8 Å². The van der Waals surface area contributed by atoms with Crippen molar-refractivity contribution >= 4 is 12.1 Å². The SMILES string of the molecule is C=CCOC(=O)N(C)C(C)/C=C/C(=O)O. The second-order valence-electron chi connectivity index (χ2n) is 2.91. The Balaban J connectivity index is 4.18. The molecule has 0 saturated heterocycles. The molecule has 5 heteroatoms. The van der Waals surface area contributed by atoms with Crippen LogP contribution in [0.5, 0.6) is 0 Å². The van der Waals surface area contributed by atoms with Gasteiger partial charge in [0.15, 0.2) is 0 Å². The third kappa shape index (κ3) is 5.51. The molecule has 5 nitrogen and oxygen atoms in total. The highest BCUT2D eigenvalue weighted by Crippen LogP contribution is 2.00. The molecule has 0 fully saturated rings. The van der Waals surface area contributed by atoms with Crippen LogP contribution in [0, 0.1) is 0 Å². The summed E-state index contributed by atoms with van der Waals surface area (Å²) in [6, 6.07) is -0.335. The van der Waals surface area contributed by atoms with Crippen LogP contribution in [-0.2, 0) is 9.53 Å². The van der Waals surface area contributed by atoms with Crippen LogP contribution in [0.25, 0.3) is 0 Å². The lowest BCUT2D eigenvalue weighted by Crippen LogP contribution is -2.34. The standard InChI is InChI=1S/C10H15NO4/c1-4-7-15-10(14)11(3)8(2)5-6-9(12)13/h4-6,8H,1,7H2,2-3H3,(H,12,13)/b6-5+. The van der Waals surface area contributed by atoms with Crippen molar-refractivity contribution in [2.75, 3.05) is 13.7 Å². The van der Waals surface area contributed by atoms with Crippen molar-refractivity contribution < 1.29 is 19.4 Å². The summed E-state index contributed by atoms with van der Waals surface area (Å²) >= 11 is 0. The molecule has 0 aliphatic carbocycles. The van der Waals surface area contributed by atoms with Crippen LogP contribution in [0.2, 0.25) is 0 Å². The van der Waals surface area contributed by atoms with E-state index in [1.165, 1.54) is 24.1 Å². The van der Waals surface area contributed by atoms with E-state index in [-0.39, 0.29) is 12.6 Å². The molecule has 0 spiro atoms. The second kappa shape index (κ2) is 6.64. The summed E-state index contributed by atoms with van der Waals surface area (Å²) in [5, 5.41) is 8.39. The highest BCUT2D eigenvalue weighted by molar-refractivity contribution is 5.80. The molecule has 0 saturated carbocycles. The molecular weight excluding hydrogens is 198 g/mol. The monoisotopic (exact) mass is 213 g/mol. The summed E-state index contributed by atoms with van der Waals surface area (Å²) in [4.78, 5) is 22.8. The van der Waals surface area contributed by atoms with Crippen LogP contribution in [0.1, 0.15) is 6.92 Å². The third-order valence-electron chi connectivity index (χ3n) is 1.74. The maximum Gasteiger partial charge on any atom is 0.410 e. The summed E-state index contributed by atoms with van der Waals surface area (Å²) in [5.74, 6) is -1.05. The molecule has 0 aromatic carbocycles. The Labute approximate surface area is 88.6 Å². The molecule has 1 amide bonds. The molecule has 0 aromatic rings. The Morgan fingerprint density at radius 1 is 1.60 bits per heavy atom. The van der Waals surface area contributed by atoms with Gasteiger partial charge in [-0.3, -0.25) is 0 Å². The normalized spacial score (nSPS) is 12.1. The molecule has 0 heterocycles. The van der Waals surface area contributed by atoms with Crippen LogP contribution < -0.4 is 0 Å². The van der Waals surface area contributed by atoms with Gasteiger partial charge in [0.2, 0.25) is 0 Å². The van der Waals surface area contributed by atoms with Crippen molar-refractivity contribution in [2.24, 2.45) is 0 Å². The first-order valence-corrected chi connectivity index (χ1v) is 4.40. The first-order chi connectivity index (χ1) is 6.99. The Morgan fingerprint density at radius 2 is 2.20 bits per heavy atom. The van der Waals surface area contributed by atoms with Gasteiger partial charge in [-0.05, 0) is 6.92 Å². The number of likely N-dealkylation sites (N-methyl/N-ethyl adjacent to an activating group) is 1. The van der Waals surface area contributed by atoms with E-state index in [0.29, 0.717) is 0 Å². The maximum absolute atomic E-state index is 11.3. The lowest BCUT2D eigenvalue weighted by Gasteiger charge is -2.20. The van der Waals surface area contributed by atoms with Crippen molar-refractivity contribution in [1.82, 2.24) is 4.90 Å². The quantitative estimate of drug-likeness (QED) is 0.551. The fourth-order valence-electron chi connectivity index (χ4n) is 0.749. The largest absolute Gasteiger partial charge is 0.478 e. The van der Waals surface area contributed by atoms with E-state index >= 15 is 0 Å². The summed E-state index contributed by atoms with van der Waals surface area (Å²) < 4.78 is 4.77. The number of rotatable bonds is 5. The first kappa shape index (κ1) is 13.2. The molecule has 1 atom stereocenters. The van der Waals surface area contributed by atoms with E-state index in [9.17, 15) is 9.59 Å². The van der Waals surface area contributed by atoms with Gasteiger partial charge in [0.05, 0.1) is 6.04 Å². The zero-order valence-electron chi connectivity index (χ0n) is 8.84. The summed E-state index contributed by atoms with van der Waals surface area (Å²) in [5.41, 5.74) is 0. The van der Waals surface area contributed by atoms with Gasteiger partial charge in [-0.25, -0.2) is 9.59 Å². The second-order valence-corrected chi connectivity index (χ2v) is 2.91. The van der Waals surface area contributed by atoms with Gasteiger partial charge < -0.3 is 14.7 Å². The zero-order valence-corrected chi connectivity index (χ0v) is 8.84. The third-order valence-corrected chi connectivity index (χ3v) is 1.74. The first-order valence-electron chi connectivity index (χ1n) is 4.40. The maximum atomic E-state index is 11.3. The average molecular weight is 213 g/mol. The van der Waals surface area contributed by atoms with E-state index in [0.717, 1.165) is 6.08 Å². The topological polar surface area (TPSA) is 66.8 Å². The number of carboxylic acids is 1. The molecular formula is C10H15NO4. The summed E-state index contributed by atoms with van der Waals surface area (Å²) in [7, 11) is 1.53. The number of carbonyl (C=O) groups excluding carboxylic acids is 1. The van der Waals surface area contributed by atoms with Crippen LogP contribution in [0.4, 0.5) is 4.79 Å². The smallest absolute Gasteiger partial charge is 0.410 e. The van der Waals surface area contributed by atoms with Crippen LogP contribution in [0.15, 0.2) is 24.8 Å². The number of ether oxygens (including phenoxy) is 1. The molecule has 0 rings (SSSR count). The fraction of sp³-hybridized carbons (Fsp3) is 0.400. The van der Waals surface area contributed by atoms with Gasteiger partial charge in [-0.15, -0.1) is 0 Å². The Kier molecular flexibility index (Phi) is 5.85. The van der Waals surface area contributed by atoms with Crippen molar-refractivity contribution in [2.45, 2.75) is 13.0 Å². The zero-order chi connectivity index (χ0) is 11.8. The van der Waals surface area contributed by atoms with E-state index in [2.05, 4.69) is 6.58 Å². The number of hydrogen-bond donors (Lipinski definition) is 1. The molecule has 0 aliphatic rings. The van der Waals surface area contributed by atoms with Gasteiger partial charge >= 0.3 is 12.1 Å². The predicted molar refractivity (Wildman–Crippen MR) is 55.5 cm³/mol. The lowest BCUT2D eigenvalue weighted by atomic mass is 10.3. The van der Waals surface area contributed by atoms with Crippen LogP contribution in [0.3, 0.4) is 0 Å². The Bertz CT molecular complexity index is 273. The average Bonchev–Trinajstić information content (AvgIpc) is 2.21. The minimum atomic E-state index is -1.05.